The third-order valence-electron chi connectivity index (χ3n) is 6.80. The summed E-state index contributed by atoms with van der Waals surface area (Å²) in [7, 11) is 3.64. The largest absolute Gasteiger partial charge is 0.381 e. The van der Waals surface area contributed by atoms with Crippen LogP contribution in [-0.2, 0) is 21.7 Å². The van der Waals surface area contributed by atoms with Crippen LogP contribution < -0.4 is 5.73 Å². The molecular formula is C22H26N4O2. The van der Waals surface area contributed by atoms with Gasteiger partial charge in [0.1, 0.15) is 0 Å². The highest BCUT2D eigenvalue weighted by molar-refractivity contribution is 5.79. The van der Waals surface area contributed by atoms with Crippen molar-refractivity contribution >= 4 is 5.96 Å². The number of nitrogens with two attached hydrogens (primary N) is 1. The molecule has 2 N–H and O–H groups in total. The third kappa shape index (κ3) is 2.41. The molecule has 0 radical (unpaired) electrons. The van der Waals surface area contributed by atoms with E-state index >= 15 is 0 Å². The van der Waals surface area contributed by atoms with Gasteiger partial charge in [-0.3, -0.25) is 4.98 Å². The van der Waals surface area contributed by atoms with E-state index in [2.05, 4.69) is 29.2 Å². The second-order valence-corrected chi connectivity index (χ2v) is 8.21. The molecule has 0 bridgehead atoms. The number of pyridine rings is 1. The highest BCUT2D eigenvalue weighted by atomic mass is 16.7. The quantitative estimate of drug-likeness (QED) is 0.869. The highest BCUT2D eigenvalue weighted by Gasteiger charge is 2.63. The number of benzene rings is 1. The number of methoxy groups -OCH3 is 1. The van der Waals surface area contributed by atoms with Gasteiger partial charge in [0, 0.05) is 37.5 Å². The third-order valence-corrected chi connectivity index (χ3v) is 6.80. The molecule has 28 heavy (non-hydrogen) atoms. The molecule has 2 aliphatic carbocycles. The first-order chi connectivity index (χ1) is 13.6. The van der Waals surface area contributed by atoms with Crippen molar-refractivity contribution in [2.45, 2.75) is 43.9 Å². The van der Waals surface area contributed by atoms with Gasteiger partial charge in [-0.2, -0.15) is 0 Å². The normalized spacial score (nSPS) is 31.4. The lowest BCUT2D eigenvalue weighted by Gasteiger charge is -2.45. The van der Waals surface area contributed by atoms with Crippen LogP contribution in [0.25, 0.3) is 11.1 Å². The van der Waals surface area contributed by atoms with Gasteiger partial charge in [0.15, 0.2) is 0 Å². The second kappa shape index (κ2) is 6.29. The molecule has 1 aromatic carbocycles. The van der Waals surface area contributed by atoms with Gasteiger partial charge in [-0.25, -0.2) is 14.9 Å². The molecule has 1 aromatic heterocycles. The van der Waals surface area contributed by atoms with Gasteiger partial charge in [0.05, 0.1) is 6.10 Å². The molecule has 1 saturated carbocycles. The monoisotopic (exact) mass is 378 g/mol. The minimum Gasteiger partial charge on any atom is -0.381 e. The van der Waals surface area contributed by atoms with Crippen molar-refractivity contribution in [2.24, 2.45) is 16.1 Å². The lowest BCUT2D eigenvalue weighted by molar-refractivity contribution is -0.232. The van der Waals surface area contributed by atoms with Crippen molar-refractivity contribution < 1.29 is 9.57 Å². The van der Waals surface area contributed by atoms with E-state index in [-0.39, 0.29) is 5.41 Å². The number of aliphatic imine (C=N–C) groups is 1. The zero-order valence-corrected chi connectivity index (χ0v) is 16.4. The summed E-state index contributed by atoms with van der Waals surface area (Å²) in [5.74, 6) is 0.438. The smallest absolute Gasteiger partial charge is 0.220 e. The number of fused-ring (bicyclic) bond motifs is 3. The number of ether oxygens (including phenoxy) is 1. The minimum atomic E-state index is -0.752. The molecule has 2 heterocycles. The number of guanidine groups is 1. The van der Waals surface area contributed by atoms with Crippen molar-refractivity contribution in [1.82, 2.24) is 10.0 Å². The van der Waals surface area contributed by atoms with E-state index in [1.165, 1.54) is 5.56 Å². The molecule has 1 fully saturated rings. The van der Waals surface area contributed by atoms with Crippen molar-refractivity contribution in [2.75, 3.05) is 14.2 Å². The Morgan fingerprint density at radius 1 is 1.21 bits per heavy atom. The van der Waals surface area contributed by atoms with Gasteiger partial charge < -0.3 is 10.5 Å². The van der Waals surface area contributed by atoms with Crippen molar-refractivity contribution in [3.63, 3.8) is 0 Å². The van der Waals surface area contributed by atoms with Crippen molar-refractivity contribution in [3.05, 3.63) is 53.9 Å². The molecule has 5 rings (SSSR count). The maximum atomic E-state index is 6.45. The van der Waals surface area contributed by atoms with Gasteiger partial charge >= 0.3 is 0 Å². The number of aromatic nitrogens is 1. The average Bonchev–Trinajstić information content (AvgIpc) is 3.17. The van der Waals surface area contributed by atoms with Gasteiger partial charge in [-0.05, 0) is 60.9 Å². The summed E-state index contributed by atoms with van der Waals surface area (Å²) in [4.78, 5) is 15.7. The van der Waals surface area contributed by atoms with Crippen LogP contribution in [0.15, 0.2) is 47.7 Å². The Balaban J connectivity index is 1.63. The fourth-order valence-electron chi connectivity index (χ4n) is 5.25. The van der Waals surface area contributed by atoms with Crippen LogP contribution in [0.4, 0.5) is 0 Å². The molecule has 6 heteroatoms. The first kappa shape index (κ1) is 17.6. The molecule has 3 aliphatic rings. The van der Waals surface area contributed by atoms with E-state index in [0.717, 1.165) is 48.8 Å². The molecule has 0 amide bonds. The summed E-state index contributed by atoms with van der Waals surface area (Å²) >= 11 is 0. The summed E-state index contributed by atoms with van der Waals surface area (Å²) in [6.45, 7) is 0. The Kier molecular flexibility index (Phi) is 3.96. The van der Waals surface area contributed by atoms with E-state index < -0.39 is 5.72 Å². The van der Waals surface area contributed by atoms with E-state index in [1.54, 1.807) is 18.4 Å². The predicted octanol–water partition coefficient (Wildman–Crippen LogP) is 3.22. The maximum absolute atomic E-state index is 6.45. The molecule has 2 aromatic rings. The Morgan fingerprint density at radius 3 is 2.68 bits per heavy atom. The van der Waals surface area contributed by atoms with Gasteiger partial charge in [-0.1, -0.05) is 18.2 Å². The topological polar surface area (TPSA) is 73.0 Å². The fourth-order valence-corrected chi connectivity index (χ4v) is 5.25. The second-order valence-electron chi connectivity index (χ2n) is 8.21. The van der Waals surface area contributed by atoms with Gasteiger partial charge in [-0.15, -0.1) is 0 Å². The Morgan fingerprint density at radius 2 is 2.04 bits per heavy atom. The Hall–Kier alpha value is -2.44. The summed E-state index contributed by atoms with van der Waals surface area (Å²) in [6.07, 6.45) is 9.01. The Labute approximate surface area is 165 Å². The molecule has 2 spiro atoms. The van der Waals surface area contributed by atoms with Crippen LogP contribution in [0.3, 0.4) is 0 Å². The van der Waals surface area contributed by atoms with Gasteiger partial charge in [0.2, 0.25) is 11.7 Å². The first-order valence-corrected chi connectivity index (χ1v) is 9.92. The van der Waals surface area contributed by atoms with E-state index in [1.807, 2.05) is 19.3 Å². The van der Waals surface area contributed by atoms with Crippen LogP contribution in [0.1, 0.15) is 36.8 Å². The number of nitrogens with zero attached hydrogens (tertiary/aromatic N) is 3. The molecular weight excluding hydrogens is 352 g/mol. The number of hydroxylamine groups is 2. The van der Waals surface area contributed by atoms with Crippen LogP contribution in [0.5, 0.6) is 0 Å². The molecule has 1 unspecified atom stereocenters. The van der Waals surface area contributed by atoms with Crippen LogP contribution in [-0.4, -0.2) is 36.3 Å². The Bertz CT molecular complexity index is 921. The fraction of sp³-hybridized carbons (Fsp3) is 0.455. The van der Waals surface area contributed by atoms with Crippen LogP contribution in [0.2, 0.25) is 0 Å². The van der Waals surface area contributed by atoms with Gasteiger partial charge in [0.25, 0.3) is 0 Å². The molecule has 0 saturated heterocycles. The lowest BCUT2D eigenvalue weighted by atomic mass is 9.66. The van der Waals surface area contributed by atoms with Crippen molar-refractivity contribution in [3.8, 4) is 11.1 Å². The number of hydrogen-bond donors (Lipinski definition) is 1. The van der Waals surface area contributed by atoms with E-state index in [0.29, 0.717) is 12.1 Å². The zero-order chi connectivity index (χ0) is 19.4. The van der Waals surface area contributed by atoms with Crippen LogP contribution in [0, 0.1) is 5.41 Å². The maximum Gasteiger partial charge on any atom is 0.220 e. The predicted molar refractivity (Wildman–Crippen MR) is 107 cm³/mol. The standard InChI is InChI=1S/C22H26N4O2/c1-26-20(23)25-22(28-26)19-12-15(17-4-3-11-24-14-17)5-6-16(19)13-21(22)9-7-18(27-2)8-10-21/h3-6,11-12,14,18H,7-10,13H2,1-2H3,(H2,23,25). The summed E-state index contributed by atoms with van der Waals surface area (Å²) in [5.41, 5.74) is 10.0. The summed E-state index contributed by atoms with van der Waals surface area (Å²) < 4.78 is 5.62. The highest BCUT2D eigenvalue weighted by Crippen LogP contribution is 2.62. The van der Waals surface area contributed by atoms with E-state index in [9.17, 15) is 0 Å². The molecule has 1 aliphatic heterocycles. The molecule has 146 valence electrons. The zero-order valence-electron chi connectivity index (χ0n) is 16.4. The van der Waals surface area contributed by atoms with Crippen molar-refractivity contribution in [1.29, 1.82) is 0 Å². The van der Waals surface area contributed by atoms with Crippen LogP contribution >= 0.6 is 0 Å². The average molecular weight is 378 g/mol. The first-order valence-electron chi connectivity index (χ1n) is 9.92. The SMILES string of the molecule is COC1CCC2(CC1)Cc1ccc(-c3cccnc3)cc1C21N=C(N)N(C)O1. The summed E-state index contributed by atoms with van der Waals surface area (Å²) in [5, 5.41) is 1.62. The number of hydrogen-bond acceptors (Lipinski definition) is 6. The van der Waals surface area contributed by atoms with E-state index in [4.69, 9.17) is 20.3 Å². The summed E-state index contributed by atoms with van der Waals surface area (Å²) in [6, 6.07) is 10.7. The lowest BCUT2D eigenvalue weighted by Crippen LogP contribution is -2.46. The molecule has 6 nitrogen and oxygen atoms in total. The minimum absolute atomic E-state index is 0.0900. The molecule has 1 atom stereocenters. The number of rotatable bonds is 2.